The Morgan fingerprint density at radius 1 is 1.40 bits per heavy atom. The molecule has 2 bridgehead atoms. The highest BCUT2D eigenvalue weighted by atomic mass is 35.5. The predicted octanol–water partition coefficient (Wildman–Crippen LogP) is 2.54. The summed E-state index contributed by atoms with van der Waals surface area (Å²) in [6, 6.07) is 6.05. The van der Waals surface area contributed by atoms with Gasteiger partial charge < -0.3 is 15.0 Å². The van der Waals surface area contributed by atoms with E-state index in [2.05, 4.69) is 36.6 Å². The van der Waals surface area contributed by atoms with Gasteiger partial charge in [0.05, 0.1) is 19.3 Å². The standard InChI is InChI=1S/C21H23ClN6O2/c1-2-30-20(29)18-14-6-16(25-18)11-28(10-14)21-24-9-17(22)19(27-21)26-15-4-3-12-7-23-8-13(12)5-15/h3-5,8-9,14,16,18,25H,2,6-7,10-11H2,1H3,(H,24,26,27)/t14-,16-,18+/m1/s1. The van der Waals surface area contributed by atoms with Crippen molar-refractivity contribution in [3.8, 4) is 0 Å². The van der Waals surface area contributed by atoms with Gasteiger partial charge in [-0.2, -0.15) is 4.98 Å². The van der Waals surface area contributed by atoms with Crippen LogP contribution in [-0.2, 0) is 16.1 Å². The highest BCUT2D eigenvalue weighted by Gasteiger charge is 2.44. The van der Waals surface area contributed by atoms with E-state index in [4.69, 9.17) is 16.3 Å². The monoisotopic (exact) mass is 426 g/mol. The average Bonchev–Trinajstić information content (AvgIpc) is 3.32. The highest BCUT2D eigenvalue weighted by molar-refractivity contribution is 6.32. The molecule has 3 aliphatic rings. The molecule has 0 amide bonds. The van der Waals surface area contributed by atoms with Crippen LogP contribution >= 0.6 is 11.6 Å². The molecular weight excluding hydrogens is 404 g/mol. The third-order valence-electron chi connectivity index (χ3n) is 5.82. The van der Waals surface area contributed by atoms with Crippen LogP contribution in [0.3, 0.4) is 0 Å². The summed E-state index contributed by atoms with van der Waals surface area (Å²) < 4.78 is 5.22. The SMILES string of the molecule is CCOC(=O)[C@H]1N[C@@H]2C[C@@H]1CN(c1ncc(Cl)c(Nc3ccc4c(c3)C=NC4)n1)C2. The molecule has 156 valence electrons. The van der Waals surface area contributed by atoms with Crippen LogP contribution in [0.5, 0.6) is 0 Å². The minimum Gasteiger partial charge on any atom is -0.465 e. The van der Waals surface area contributed by atoms with Crippen molar-refractivity contribution in [3.63, 3.8) is 0 Å². The lowest BCUT2D eigenvalue weighted by atomic mass is 9.95. The number of rotatable bonds is 5. The molecule has 30 heavy (non-hydrogen) atoms. The number of nitrogens with zero attached hydrogens (tertiary/aromatic N) is 4. The molecule has 0 aliphatic carbocycles. The molecule has 4 heterocycles. The molecule has 2 N–H and O–H groups in total. The number of carbonyl (C=O) groups excluding carboxylic acids is 1. The number of anilines is 3. The fraction of sp³-hybridized carbons (Fsp3) is 0.429. The summed E-state index contributed by atoms with van der Waals surface area (Å²) in [6.45, 7) is 4.38. The molecule has 0 saturated carbocycles. The Morgan fingerprint density at radius 2 is 2.30 bits per heavy atom. The molecule has 8 nitrogen and oxygen atoms in total. The number of nitrogens with one attached hydrogen (secondary N) is 2. The molecule has 9 heteroatoms. The quantitative estimate of drug-likeness (QED) is 0.710. The van der Waals surface area contributed by atoms with Gasteiger partial charge in [0.25, 0.3) is 0 Å². The summed E-state index contributed by atoms with van der Waals surface area (Å²) in [6.07, 6.45) is 4.45. The van der Waals surface area contributed by atoms with Crippen LogP contribution in [0.15, 0.2) is 29.4 Å². The van der Waals surface area contributed by atoms with Crippen LogP contribution < -0.4 is 15.5 Å². The van der Waals surface area contributed by atoms with E-state index in [9.17, 15) is 4.79 Å². The molecule has 0 spiro atoms. The first-order chi connectivity index (χ1) is 14.6. The molecule has 2 saturated heterocycles. The number of hydrogen-bond acceptors (Lipinski definition) is 8. The molecular formula is C21H23ClN6O2. The van der Waals surface area contributed by atoms with E-state index in [0.717, 1.165) is 30.8 Å². The molecule has 2 fully saturated rings. The van der Waals surface area contributed by atoms with Crippen LogP contribution in [0.25, 0.3) is 0 Å². The lowest BCUT2D eigenvalue weighted by Crippen LogP contribution is -2.42. The number of ether oxygens (including phenoxy) is 1. The normalized spacial score (nSPS) is 24.1. The summed E-state index contributed by atoms with van der Waals surface area (Å²) in [7, 11) is 0. The van der Waals surface area contributed by atoms with Crippen LogP contribution in [0.1, 0.15) is 24.5 Å². The van der Waals surface area contributed by atoms with Gasteiger partial charge in [0.15, 0.2) is 5.82 Å². The van der Waals surface area contributed by atoms with Gasteiger partial charge >= 0.3 is 5.97 Å². The van der Waals surface area contributed by atoms with E-state index < -0.39 is 0 Å². The van der Waals surface area contributed by atoms with Crippen molar-refractivity contribution < 1.29 is 9.53 Å². The van der Waals surface area contributed by atoms with Crippen molar-refractivity contribution in [3.05, 3.63) is 40.5 Å². The Balaban J connectivity index is 1.34. The number of piperidine rings is 1. The number of halogens is 1. The van der Waals surface area contributed by atoms with E-state index in [-0.39, 0.29) is 24.0 Å². The summed E-state index contributed by atoms with van der Waals surface area (Å²) in [5, 5.41) is 7.16. The molecule has 3 atom stereocenters. The van der Waals surface area contributed by atoms with Gasteiger partial charge in [-0.25, -0.2) is 4.98 Å². The first kappa shape index (κ1) is 19.3. The third-order valence-corrected chi connectivity index (χ3v) is 6.10. The Hall–Kier alpha value is -2.71. The minimum atomic E-state index is -0.266. The van der Waals surface area contributed by atoms with Gasteiger partial charge in [0, 0.05) is 37.0 Å². The van der Waals surface area contributed by atoms with Crippen LogP contribution in [-0.4, -0.2) is 53.9 Å². The van der Waals surface area contributed by atoms with E-state index in [1.807, 2.05) is 25.3 Å². The largest absolute Gasteiger partial charge is 0.465 e. The van der Waals surface area contributed by atoms with E-state index in [1.54, 1.807) is 6.20 Å². The average molecular weight is 427 g/mol. The van der Waals surface area contributed by atoms with Crippen molar-refractivity contribution in [1.82, 2.24) is 15.3 Å². The van der Waals surface area contributed by atoms with Gasteiger partial charge in [0.1, 0.15) is 11.1 Å². The molecule has 0 radical (unpaired) electrons. The Morgan fingerprint density at radius 3 is 3.17 bits per heavy atom. The molecule has 5 rings (SSSR count). The number of esters is 1. The number of aromatic nitrogens is 2. The number of carbonyl (C=O) groups is 1. The zero-order valence-corrected chi connectivity index (χ0v) is 17.4. The maximum absolute atomic E-state index is 12.2. The second-order valence-electron chi connectivity index (χ2n) is 7.87. The summed E-state index contributed by atoms with van der Waals surface area (Å²) in [5.74, 6) is 1.16. The number of benzene rings is 1. The van der Waals surface area contributed by atoms with Gasteiger partial charge in [-0.1, -0.05) is 17.7 Å². The predicted molar refractivity (Wildman–Crippen MR) is 116 cm³/mol. The number of aliphatic imine (C=N–C) groups is 1. The van der Waals surface area contributed by atoms with E-state index in [1.165, 1.54) is 5.56 Å². The summed E-state index contributed by atoms with van der Waals surface area (Å²) in [4.78, 5) is 27.8. The van der Waals surface area contributed by atoms with Crippen molar-refractivity contribution in [2.75, 3.05) is 29.9 Å². The maximum Gasteiger partial charge on any atom is 0.323 e. The molecule has 1 aromatic carbocycles. The van der Waals surface area contributed by atoms with Crippen molar-refractivity contribution >= 4 is 41.2 Å². The molecule has 0 unspecified atom stereocenters. The first-order valence-electron chi connectivity index (χ1n) is 10.2. The number of fused-ring (bicyclic) bond motifs is 3. The fourth-order valence-electron chi connectivity index (χ4n) is 4.46. The Kier molecular flexibility index (Phi) is 5.04. The fourth-order valence-corrected chi connectivity index (χ4v) is 4.60. The third kappa shape index (κ3) is 3.61. The zero-order chi connectivity index (χ0) is 20.7. The first-order valence-corrected chi connectivity index (χ1v) is 10.6. The summed E-state index contributed by atoms with van der Waals surface area (Å²) in [5.41, 5.74) is 3.22. The molecule has 2 aromatic rings. The van der Waals surface area contributed by atoms with Crippen LogP contribution in [0.2, 0.25) is 5.02 Å². The van der Waals surface area contributed by atoms with Gasteiger partial charge in [-0.3, -0.25) is 15.1 Å². The minimum absolute atomic E-state index is 0.175. The molecule has 1 aromatic heterocycles. The highest BCUT2D eigenvalue weighted by Crippen LogP contribution is 2.32. The number of hydrogen-bond donors (Lipinski definition) is 2. The van der Waals surface area contributed by atoms with Gasteiger partial charge in [0.2, 0.25) is 5.95 Å². The lowest BCUT2D eigenvalue weighted by molar-refractivity contribution is -0.146. The second kappa shape index (κ2) is 7.85. The van der Waals surface area contributed by atoms with E-state index in [0.29, 0.717) is 29.9 Å². The Labute approximate surface area is 179 Å². The molecule has 3 aliphatic heterocycles. The topological polar surface area (TPSA) is 91.7 Å². The Bertz CT molecular complexity index is 1010. The van der Waals surface area contributed by atoms with Gasteiger partial charge in [-0.05, 0) is 36.6 Å². The maximum atomic E-state index is 12.2. The zero-order valence-electron chi connectivity index (χ0n) is 16.6. The van der Waals surface area contributed by atoms with Crippen LogP contribution in [0, 0.1) is 5.92 Å². The van der Waals surface area contributed by atoms with E-state index >= 15 is 0 Å². The second-order valence-corrected chi connectivity index (χ2v) is 8.28. The van der Waals surface area contributed by atoms with Crippen molar-refractivity contribution in [2.45, 2.75) is 32.0 Å². The summed E-state index contributed by atoms with van der Waals surface area (Å²) >= 11 is 6.37. The smallest absolute Gasteiger partial charge is 0.323 e. The van der Waals surface area contributed by atoms with Crippen LogP contribution in [0.4, 0.5) is 17.5 Å². The van der Waals surface area contributed by atoms with Gasteiger partial charge in [-0.15, -0.1) is 0 Å². The lowest BCUT2D eigenvalue weighted by Gasteiger charge is -2.31. The van der Waals surface area contributed by atoms with Crippen molar-refractivity contribution in [1.29, 1.82) is 0 Å². The van der Waals surface area contributed by atoms with Crippen molar-refractivity contribution in [2.24, 2.45) is 10.9 Å².